The van der Waals surface area contributed by atoms with Crippen LogP contribution in [-0.4, -0.2) is 69.9 Å². The topological polar surface area (TPSA) is 150 Å². The van der Waals surface area contributed by atoms with Gasteiger partial charge in [-0.2, -0.15) is 0 Å². The van der Waals surface area contributed by atoms with Gasteiger partial charge in [-0.25, -0.2) is 13.6 Å². The Morgan fingerprint density at radius 3 is 2.37 bits per heavy atom. The third kappa shape index (κ3) is 8.85. The zero-order valence-electron chi connectivity index (χ0n) is 24.5. The molecule has 0 aliphatic heterocycles. The van der Waals surface area contributed by atoms with E-state index in [1.54, 1.807) is 12.3 Å². The highest BCUT2D eigenvalue weighted by molar-refractivity contribution is 5.85. The molecule has 12 heteroatoms. The number of amides is 3. The van der Waals surface area contributed by atoms with Crippen molar-refractivity contribution in [3.05, 3.63) is 83.7 Å². The fourth-order valence-electron chi connectivity index (χ4n) is 5.11. The summed E-state index contributed by atoms with van der Waals surface area (Å²) >= 11 is 0. The SMILES string of the molecule is CC(C)(C)C(c1cc(-c2cc(F)ccc2F)cn1Cc1ccccc1)N(CCC(NC(=O)O)C(=O)NCCN)C(=O)CO. The van der Waals surface area contributed by atoms with E-state index in [4.69, 9.17) is 5.73 Å². The number of aromatic nitrogens is 1. The van der Waals surface area contributed by atoms with Gasteiger partial charge >= 0.3 is 6.09 Å². The molecule has 0 saturated heterocycles. The van der Waals surface area contributed by atoms with E-state index in [9.17, 15) is 33.4 Å². The van der Waals surface area contributed by atoms with E-state index < -0.39 is 53.6 Å². The predicted molar refractivity (Wildman–Crippen MR) is 158 cm³/mol. The molecule has 1 aromatic heterocycles. The number of nitrogens with zero attached hydrogens (tertiary/aromatic N) is 2. The maximum Gasteiger partial charge on any atom is 0.405 e. The minimum Gasteiger partial charge on any atom is -0.465 e. The van der Waals surface area contributed by atoms with Crippen LogP contribution in [-0.2, 0) is 16.1 Å². The minimum atomic E-state index is -1.42. The molecule has 232 valence electrons. The fraction of sp³-hybridized carbons (Fsp3) is 0.387. The lowest BCUT2D eigenvalue weighted by Gasteiger charge is -2.41. The normalized spacial score (nSPS) is 12.8. The third-order valence-corrected chi connectivity index (χ3v) is 6.95. The molecule has 2 unspecified atom stereocenters. The summed E-state index contributed by atoms with van der Waals surface area (Å²) in [5.74, 6) is -2.48. The molecule has 6 N–H and O–H groups in total. The lowest BCUT2D eigenvalue weighted by molar-refractivity contribution is -0.140. The number of aliphatic hydroxyl groups is 1. The van der Waals surface area contributed by atoms with Crippen LogP contribution in [0.1, 0.15) is 44.5 Å². The molecule has 1 heterocycles. The summed E-state index contributed by atoms with van der Waals surface area (Å²) in [6.45, 7) is 5.34. The molecule has 3 rings (SSSR count). The second kappa shape index (κ2) is 14.7. The minimum absolute atomic E-state index is 0.0445. The lowest BCUT2D eigenvalue weighted by atomic mass is 9.82. The number of nitrogens with one attached hydrogen (secondary N) is 2. The van der Waals surface area contributed by atoms with Gasteiger partial charge in [0.05, 0.1) is 6.04 Å². The highest BCUT2D eigenvalue weighted by atomic mass is 19.1. The van der Waals surface area contributed by atoms with E-state index in [2.05, 4.69) is 10.6 Å². The zero-order valence-corrected chi connectivity index (χ0v) is 24.5. The van der Waals surface area contributed by atoms with E-state index in [1.165, 1.54) is 4.90 Å². The predicted octanol–water partition coefficient (Wildman–Crippen LogP) is 3.49. The highest BCUT2D eigenvalue weighted by Gasteiger charge is 2.38. The number of carboxylic acid groups (broad SMARTS) is 1. The summed E-state index contributed by atoms with van der Waals surface area (Å²) in [6, 6.07) is 12.4. The number of hydrogen-bond donors (Lipinski definition) is 5. The van der Waals surface area contributed by atoms with Crippen LogP contribution in [0.4, 0.5) is 13.6 Å². The summed E-state index contributed by atoms with van der Waals surface area (Å²) in [5.41, 5.74) is 6.72. The van der Waals surface area contributed by atoms with Gasteiger partial charge in [-0.15, -0.1) is 0 Å². The van der Waals surface area contributed by atoms with Crippen LogP contribution < -0.4 is 16.4 Å². The molecule has 3 amide bonds. The largest absolute Gasteiger partial charge is 0.465 e. The summed E-state index contributed by atoms with van der Waals surface area (Å²) in [6.07, 6.45) is 0.167. The van der Waals surface area contributed by atoms with Crippen molar-refractivity contribution >= 4 is 17.9 Å². The Kier molecular flexibility index (Phi) is 11.4. The molecule has 0 aliphatic rings. The first-order chi connectivity index (χ1) is 20.3. The van der Waals surface area contributed by atoms with Crippen LogP contribution in [0.2, 0.25) is 0 Å². The molecule has 0 fully saturated rings. The van der Waals surface area contributed by atoms with Crippen LogP contribution in [0.5, 0.6) is 0 Å². The van der Waals surface area contributed by atoms with Gasteiger partial charge in [0.2, 0.25) is 11.8 Å². The lowest BCUT2D eigenvalue weighted by Crippen LogP contribution is -2.50. The Morgan fingerprint density at radius 1 is 1.07 bits per heavy atom. The van der Waals surface area contributed by atoms with Crippen LogP contribution in [0, 0.1) is 17.0 Å². The van der Waals surface area contributed by atoms with Crippen molar-refractivity contribution in [2.75, 3.05) is 26.2 Å². The number of benzene rings is 2. The molecular formula is C31H39F2N5O5. The summed E-state index contributed by atoms with van der Waals surface area (Å²) in [7, 11) is 0. The maximum absolute atomic E-state index is 14.9. The highest BCUT2D eigenvalue weighted by Crippen LogP contribution is 2.41. The second-order valence-electron chi connectivity index (χ2n) is 11.3. The fourth-order valence-corrected chi connectivity index (χ4v) is 5.11. The summed E-state index contributed by atoms with van der Waals surface area (Å²) in [4.78, 5) is 38.8. The van der Waals surface area contributed by atoms with Gasteiger partial charge in [-0.1, -0.05) is 51.1 Å². The van der Waals surface area contributed by atoms with Gasteiger partial charge in [0.1, 0.15) is 24.3 Å². The molecule has 43 heavy (non-hydrogen) atoms. The molecular weight excluding hydrogens is 560 g/mol. The first-order valence-corrected chi connectivity index (χ1v) is 13.9. The van der Waals surface area contributed by atoms with Crippen LogP contribution in [0.25, 0.3) is 11.1 Å². The van der Waals surface area contributed by atoms with Crippen molar-refractivity contribution in [2.45, 2.75) is 45.8 Å². The molecule has 2 atom stereocenters. The van der Waals surface area contributed by atoms with Crippen LogP contribution in [0.15, 0.2) is 60.8 Å². The summed E-state index contributed by atoms with van der Waals surface area (Å²) < 4.78 is 30.9. The van der Waals surface area contributed by atoms with Crippen LogP contribution in [0.3, 0.4) is 0 Å². The number of carbonyl (C=O) groups excluding carboxylic acids is 2. The number of halogens is 2. The summed E-state index contributed by atoms with van der Waals surface area (Å²) in [5, 5.41) is 24.0. The zero-order chi connectivity index (χ0) is 31.7. The molecule has 0 aliphatic carbocycles. The molecule has 3 aromatic rings. The number of nitrogens with two attached hydrogens (primary N) is 1. The molecule has 10 nitrogen and oxygen atoms in total. The van der Waals surface area contributed by atoms with Crippen molar-refractivity contribution < 1.29 is 33.4 Å². The standard InChI is InChI=1S/C31H39F2N5O5/c1-31(2,3)28(38(27(40)19-39)14-11-25(36-30(42)43)29(41)35-13-12-34)26-15-21(23-16-22(32)9-10-24(23)33)18-37(26)17-20-7-5-4-6-8-20/h4-10,15-16,18,25,28,36,39H,11-14,17,19,34H2,1-3H3,(H,35,41)(H,42,43). The number of aliphatic hydroxyl groups excluding tert-OH is 1. The van der Waals surface area contributed by atoms with Gasteiger partial charge in [0, 0.05) is 49.2 Å². The van der Waals surface area contributed by atoms with Gasteiger partial charge in [0.15, 0.2) is 0 Å². The van der Waals surface area contributed by atoms with Crippen molar-refractivity contribution in [3.8, 4) is 11.1 Å². The first-order valence-electron chi connectivity index (χ1n) is 13.9. The van der Waals surface area contributed by atoms with E-state index in [-0.39, 0.29) is 31.6 Å². The van der Waals surface area contributed by atoms with Crippen molar-refractivity contribution in [2.24, 2.45) is 11.1 Å². The van der Waals surface area contributed by atoms with Crippen molar-refractivity contribution in [1.29, 1.82) is 0 Å². The number of carbonyl (C=O) groups is 3. The Hall–Kier alpha value is -4.29. The third-order valence-electron chi connectivity index (χ3n) is 6.95. The van der Waals surface area contributed by atoms with E-state index in [0.717, 1.165) is 23.8 Å². The first kappa shape index (κ1) is 33.2. The average Bonchev–Trinajstić information content (AvgIpc) is 3.35. The number of hydrogen-bond acceptors (Lipinski definition) is 5. The van der Waals surface area contributed by atoms with Crippen molar-refractivity contribution in [1.82, 2.24) is 20.1 Å². The van der Waals surface area contributed by atoms with E-state index in [0.29, 0.717) is 17.8 Å². The molecule has 0 saturated carbocycles. The Morgan fingerprint density at radius 2 is 1.77 bits per heavy atom. The Labute approximate surface area is 249 Å². The van der Waals surface area contributed by atoms with Gasteiger partial charge in [-0.05, 0) is 41.7 Å². The molecule has 0 spiro atoms. The van der Waals surface area contributed by atoms with Crippen LogP contribution >= 0.6 is 0 Å². The Balaban J connectivity index is 2.13. The van der Waals surface area contributed by atoms with E-state index in [1.807, 2.05) is 55.7 Å². The molecule has 0 radical (unpaired) electrons. The molecule has 0 bridgehead atoms. The van der Waals surface area contributed by atoms with Gasteiger partial charge in [-0.3, -0.25) is 9.59 Å². The Bertz CT molecular complexity index is 1410. The van der Waals surface area contributed by atoms with Gasteiger partial charge in [0.25, 0.3) is 0 Å². The monoisotopic (exact) mass is 599 g/mol. The smallest absolute Gasteiger partial charge is 0.405 e. The maximum atomic E-state index is 14.9. The number of rotatable bonds is 13. The second-order valence-corrected chi connectivity index (χ2v) is 11.3. The van der Waals surface area contributed by atoms with E-state index >= 15 is 0 Å². The van der Waals surface area contributed by atoms with Gasteiger partial charge < -0.3 is 36.0 Å². The average molecular weight is 600 g/mol. The molecule has 2 aromatic carbocycles. The van der Waals surface area contributed by atoms with Crippen molar-refractivity contribution in [3.63, 3.8) is 0 Å². The quantitative estimate of drug-likeness (QED) is 0.203.